The van der Waals surface area contributed by atoms with Crippen molar-refractivity contribution in [3.8, 4) is 11.5 Å². The van der Waals surface area contributed by atoms with Crippen LogP contribution in [0.1, 0.15) is 62.9 Å². The summed E-state index contributed by atoms with van der Waals surface area (Å²) in [6.07, 6.45) is 8.29. The molecule has 1 aliphatic rings. The minimum Gasteiger partial charge on any atom is -0.493 e. The molecule has 7 nitrogen and oxygen atoms in total. The van der Waals surface area contributed by atoms with E-state index < -0.39 is 0 Å². The molecule has 1 N–H and O–H groups in total. The highest BCUT2D eigenvalue weighted by molar-refractivity contribution is 7.71. The van der Waals surface area contributed by atoms with Gasteiger partial charge in [0.05, 0.1) is 19.9 Å². The summed E-state index contributed by atoms with van der Waals surface area (Å²) < 4.78 is 19.1. The standard InChI is InChI=1S/C20H28N4O3S/c1-3-4-5-6-11-26-16-10-9-15(13-18(16)25-2)14-21-24-19(22-23-20(24)28)17-8-7-12-27-17/h9-10,13-14,17H,3-8,11-12H2,1-2H3,(H,23,28)/b21-14-. The molecular formula is C20H28N4O3S. The van der Waals surface area contributed by atoms with Crippen LogP contribution in [0.3, 0.4) is 0 Å². The molecule has 2 heterocycles. The number of benzene rings is 1. The molecule has 0 saturated carbocycles. The molecule has 0 bridgehead atoms. The number of aromatic nitrogens is 3. The number of aromatic amines is 1. The number of hydrogen-bond donors (Lipinski definition) is 1. The van der Waals surface area contributed by atoms with E-state index >= 15 is 0 Å². The minimum absolute atomic E-state index is 0.0666. The van der Waals surface area contributed by atoms with Gasteiger partial charge in [-0.25, -0.2) is 0 Å². The van der Waals surface area contributed by atoms with E-state index in [0.717, 1.165) is 37.2 Å². The third kappa shape index (κ3) is 5.20. The average Bonchev–Trinajstić information content (AvgIpc) is 3.36. The fraction of sp³-hybridized carbons (Fsp3) is 0.550. The first-order valence-electron chi connectivity index (χ1n) is 9.87. The molecule has 1 atom stereocenters. The van der Waals surface area contributed by atoms with Gasteiger partial charge >= 0.3 is 0 Å². The second-order valence-electron chi connectivity index (χ2n) is 6.76. The van der Waals surface area contributed by atoms with E-state index in [1.807, 2.05) is 18.2 Å². The van der Waals surface area contributed by atoms with Gasteiger partial charge in [0.25, 0.3) is 0 Å². The number of nitrogens with one attached hydrogen (secondary N) is 1. The first-order valence-corrected chi connectivity index (χ1v) is 10.3. The molecule has 8 heteroatoms. The lowest BCUT2D eigenvalue weighted by atomic mass is 10.2. The second-order valence-corrected chi connectivity index (χ2v) is 7.15. The first kappa shape index (κ1) is 20.5. The third-order valence-electron chi connectivity index (χ3n) is 4.66. The van der Waals surface area contributed by atoms with Crippen LogP contribution in [0.2, 0.25) is 0 Å². The fourth-order valence-corrected chi connectivity index (χ4v) is 3.31. The van der Waals surface area contributed by atoms with E-state index in [1.54, 1.807) is 18.0 Å². The van der Waals surface area contributed by atoms with Crippen LogP contribution in [0.25, 0.3) is 0 Å². The van der Waals surface area contributed by atoms with Crippen molar-refractivity contribution in [2.75, 3.05) is 20.3 Å². The van der Waals surface area contributed by atoms with Gasteiger partial charge in [0, 0.05) is 6.61 Å². The smallest absolute Gasteiger partial charge is 0.216 e. The van der Waals surface area contributed by atoms with Gasteiger partial charge in [-0.1, -0.05) is 26.2 Å². The lowest BCUT2D eigenvalue weighted by molar-refractivity contribution is 0.102. The number of unbranched alkanes of at least 4 members (excludes halogenated alkanes) is 3. The van der Waals surface area contributed by atoms with E-state index in [-0.39, 0.29) is 6.10 Å². The normalized spacial score (nSPS) is 16.7. The maximum atomic E-state index is 5.86. The van der Waals surface area contributed by atoms with Crippen LogP contribution < -0.4 is 9.47 Å². The molecule has 1 aliphatic heterocycles. The Morgan fingerprint density at radius 1 is 1.36 bits per heavy atom. The monoisotopic (exact) mass is 404 g/mol. The Hall–Kier alpha value is -2.19. The maximum absolute atomic E-state index is 5.86. The van der Waals surface area contributed by atoms with E-state index in [1.165, 1.54) is 19.3 Å². The zero-order valence-electron chi connectivity index (χ0n) is 16.5. The lowest BCUT2D eigenvalue weighted by Crippen LogP contribution is -2.05. The van der Waals surface area contributed by atoms with E-state index in [4.69, 9.17) is 26.4 Å². The molecule has 1 aromatic heterocycles. The van der Waals surface area contributed by atoms with Crippen LogP contribution in [0.5, 0.6) is 11.5 Å². The fourth-order valence-electron chi connectivity index (χ4n) is 3.12. The van der Waals surface area contributed by atoms with Crippen molar-refractivity contribution in [1.29, 1.82) is 0 Å². The van der Waals surface area contributed by atoms with Gasteiger partial charge in [-0.3, -0.25) is 5.10 Å². The van der Waals surface area contributed by atoms with Crippen LogP contribution >= 0.6 is 12.2 Å². The Kier molecular flexibility index (Phi) is 7.62. The van der Waals surface area contributed by atoms with Crippen molar-refractivity contribution in [1.82, 2.24) is 14.9 Å². The van der Waals surface area contributed by atoms with Gasteiger partial charge < -0.3 is 14.2 Å². The summed E-state index contributed by atoms with van der Waals surface area (Å²) in [6.45, 7) is 3.63. The zero-order chi connectivity index (χ0) is 19.8. The predicted molar refractivity (Wildman–Crippen MR) is 111 cm³/mol. The highest BCUT2D eigenvalue weighted by Crippen LogP contribution is 2.29. The number of nitrogens with zero attached hydrogens (tertiary/aromatic N) is 3. The highest BCUT2D eigenvalue weighted by Gasteiger charge is 2.23. The van der Waals surface area contributed by atoms with Crippen molar-refractivity contribution >= 4 is 18.4 Å². The number of methoxy groups -OCH3 is 1. The Labute approximate surface area is 170 Å². The van der Waals surface area contributed by atoms with Crippen LogP contribution in [-0.4, -0.2) is 41.4 Å². The summed E-state index contributed by atoms with van der Waals surface area (Å²) in [4.78, 5) is 0. The van der Waals surface area contributed by atoms with E-state index in [0.29, 0.717) is 23.0 Å². The van der Waals surface area contributed by atoms with Gasteiger partial charge in [-0.2, -0.15) is 14.9 Å². The molecule has 0 aliphatic carbocycles. The molecule has 28 heavy (non-hydrogen) atoms. The van der Waals surface area contributed by atoms with Gasteiger partial charge in [0.1, 0.15) is 6.10 Å². The number of H-pyrrole nitrogens is 1. The topological polar surface area (TPSA) is 73.7 Å². The minimum atomic E-state index is -0.0666. The number of hydrogen-bond acceptors (Lipinski definition) is 6. The summed E-state index contributed by atoms with van der Waals surface area (Å²) in [5, 5.41) is 11.6. The maximum Gasteiger partial charge on any atom is 0.216 e. The predicted octanol–water partition coefficient (Wildman–Crippen LogP) is 4.64. The molecule has 0 radical (unpaired) electrons. The largest absolute Gasteiger partial charge is 0.493 e. The molecule has 1 fully saturated rings. The molecular weight excluding hydrogens is 376 g/mol. The summed E-state index contributed by atoms with van der Waals surface area (Å²) in [5.41, 5.74) is 0.886. The van der Waals surface area contributed by atoms with Crippen LogP contribution in [0.15, 0.2) is 23.3 Å². The van der Waals surface area contributed by atoms with E-state index in [2.05, 4.69) is 22.2 Å². The molecule has 1 unspecified atom stereocenters. The molecule has 2 aromatic rings. The first-order chi connectivity index (χ1) is 13.7. The number of rotatable bonds is 10. The Bertz CT molecular complexity index is 840. The highest BCUT2D eigenvalue weighted by atomic mass is 32.1. The number of ether oxygens (including phenoxy) is 3. The molecule has 152 valence electrons. The average molecular weight is 405 g/mol. The lowest BCUT2D eigenvalue weighted by Gasteiger charge is -2.11. The van der Waals surface area contributed by atoms with Gasteiger partial charge in [0.15, 0.2) is 17.3 Å². The van der Waals surface area contributed by atoms with Gasteiger partial charge in [-0.15, -0.1) is 0 Å². The van der Waals surface area contributed by atoms with Crippen molar-refractivity contribution in [2.45, 2.75) is 51.6 Å². The molecule has 0 amide bonds. The van der Waals surface area contributed by atoms with Crippen molar-refractivity contribution in [3.05, 3.63) is 34.4 Å². The van der Waals surface area contributed by atoms with Crippen molar-refractivity contribution in [2.24, 2.45) is 5.10 Å². The summed E-state index contributed by atoms with van der Waals surface area (Å²) in [6, 6.07) is 5.76. The summed E-state index contributed by atoms with van der Waals surface area (Å²) in [5.74, 6) is 2.14. The van der Waals surface area contributed by atoms with Crippen LogP contribution in [-0.2, 0) is 4.74 Å². The molecule has 0 spiro atoms. The molecule has 3 rings (SSSR count). The van der Waals surface area contributed by atoms with Crippen molar-refractivity contribution in [3.63, 3.8) is 0 Å². The van der Waals surface area contributed by atoms with E-state index in [9.17, 15) is 0 Å². The summed E-state index contributed by atoms with van der Waals surface area (Å²) >= 11 is 5.30. The molecule has 1 aromatic carbocycles. The Morgan fingerprint density at radius 2 is 2.25 bits per heavy atom. The second kappa shape index (κ2) is 10.4. The van der Waals surface area contributed by atoms with Crippen LogP contribution in [0, 0.1) is 4.77 Å². The zero-order valence-corrected chi connectivity index (χ0v) is 17.3. The Morgan fingerprint density at radius 3 is 3.00 bits per heavy atom. The third-order valence-corrected chi connectivity index (χ3v) is 4.92. The Balaban J connectivity index is 1.69. The van der Waals surface area contributed by atoms with Crippen molar-refractivity contribution < 1.29 is 14.2 Å². The van der Waals surface area contributed by atoms with Gasteiger partial charge in [-0.05, 0) is 55.2 Å². The quantitative estimate of drug-likeness (QED) is 0.355. The molecule has 1 saturated heterocycles. The van der Waals surface area contributed by atoms with Crippen LogP contribution in [0.4, 0.5) is 0 Å². The summed E-state index contributed by atoms with van der Waals surface area (Å²) in [7, 11) is 1.64. The SMILES string of the molecule is CCCCCCOc1ccc(/C=N\n2c(C3CCCO3)n[nH]c2=S)cc1OC. The van der Waals surface area contributed by atoms with Gasteiger partial charge in [0.2, 0.25) is 4.77 Å².